The van der Waals surface area contributed by atoms with Crippen LogP contribution in [0.5, 0.6) is 0 Å². The lowest BCUT2D eigenvalue weighted by molar-refractivity contribution is 0.618. The number of hydrogen-bond acceptors (Lipinski definition) is 2. The molecule has 0 fully saturated rings. The van der Waals surface area contributed by atoms with Gasteiger partial charge in [-0.05, 0) is 31.0 Å². The highest BCUT2D eigenvalue weighted by Gasteiger charge is 2.10. The summed E-state index contributed by atoms with van der Waals surface area (Å²) in [6.45, 7) is 3.83. The van der Waals surface area contributed by atoms with Crippen LogP contribution in [0.2, 0.25) is 0 Å². The van der Waals surface area contributed by atoms with Gasteiger partial charge in [0.2, 0.25) is 0 Å². The van der Waals surface area contributed by atoms with E-state index in [9.17, 15) is 4.39 Å². The van der Waals surface area contributed by atoms with Gasteiger partial charge in [0.15, 0.2) is 0 Å². The number of nitrogens with zero attached hydrogens (tertiary/aromatic N) is 2. The van der Waals surface area contributed by atoms with E-state index in [1.807, 2.05) is 10.8 Å². The maximum atomic E-state index is 13.3. The Hall–Kier alpha value is -1.84. The zero-order valence-corrected chi connectivity index (χ0v) is 10.1. The molecule has 2 aromatic rings. The molecule has 0 unspecified atom stereocenters. The summed E-state index contributed by atoms with van der Waals surface area (Å²) in [5.41, 5.74) is 7.68. The van der Waals surface area contributed by atoms with Crippen LogP contribution in [0.15, 0.2) is 24.5 Å². The van der Waals surface area contributed by atoms with E-state index in [1.54, 1.807) is 19.2 Å². The molecule has 0 aliphatic heterocycles. The number of imidazole rings is 1. The fourth-order valence-electron chi connectivity index (χ4n) is 1.85. The van der Waals surface area contributed by atoms with E-state index < -0.39 is 0 Å². The number of rotatable bonds is 3. The van der Waals surface area contributed by atoms with E-state index in [0.717, 1.165) is 24.4 Å². The van der Waals surface area contributed by atoms with Crippen molar-refractivity contribution < 1.29 is 4.39 Å². The molecule has 0 spiro atoms. The highest BCUT2D eigenvalue weighted by molar-refractivity contribution is 5.59. The summed E-state index contributed by atoms with van der Waals surface area (Å²) in [6.07, 6.45) is 5.48. The van der Waals surface area contributed by atoms with Crippen LogP contribution in [0.4, 0.5) is 10.1 Å². The van der Waals surface area contributed by atoms with Gasteiger partial charge in [0.05, 0.1) is 11.4 Å². The van der Waals surface area contributed by atoms with Crippen molar-refractivity contribution in [2.75, 3.05) is 5.73 Å². The molecule has 1 aromatic carbocycles. The molecule has 2 rings (SSSR count). The Balaban J connectivity index is 2.52. The van der Waals surface area contributed by atoms with Crippen molar-refractivity contribution in [3.63, 3.8) is 0 Å². The number of nitrogen functional groups attached to an aromatic ring is 1. The molecule has 0 aliphatic rings. The second-order valence-electron chi connectivity index (χ2n) is 4.12. The Kier molecular flexibility index (Phi) is 3.13. The van der Waals surface area contributed by atoms with Crippen LogP contribution in [0.25, 0.3) is 5.69 Å². The fraction of sp³-hybridized carbons (Fsp3) is 0.308. The normalized spacial score (nSPS) is 10.8. The summed E-state index contributed by atoms with van der Waals surface area (Å²) in [5, 5.41) is 0. The molecule has 2 N–H and O–H groups in total. The molecule has 1 heterocycles. The zero-order chi connectivity index (χ0) is 12.4. The van der Waals surface area contributed by atoms with Crippen LogP contribution < -0.4 is 5.73 Å². The number of nitrogens with two attached hydrogens (primary N) is 1. The van der Waals surface area contributed by atoms with Crippen molar-refractivity contribution >= 4 is 5.69 Å². The van der Waals surface area contributed by atoms with E-state index in [-0.39, 0.29) is 5.82 Å². The third kappa shape index (κ3) is 2.16. The van der Waals surface area contributed by atoms with Crippen molar-refractivity contribution in [3.8, 4) is 5.69 Å². The summed E-state index contributed by atoms with van der Waals surface area (Å²) < 4.78 is 15.3. The van der Waals surface area contributed by atoms with Gasteiger partial charge in [0.25, 0.3) is 0 Å². The Morgan fingerprint density at radius 2 is 2.18 bits per heavy atom. The maximum absolute atomic E-state index is 13.3. The molecule has 0 saturated carbocycles. The zero-order valence-electron chi connectivity index (χ0n) is 10.1. The first kappa shape index (κ1) is 11.6. The number of aromatic nitrogens is 2. The predicted molar refractivity (Wildman–Crippen MR) is 66.7 cm³/mol. The lowest BCUT2D eigenvalue weighted by Crippen LogP contribution is -2.05. The van der Waals surface area contributed by atoms with Crippen molar-refractivity contribution in [2.45, 2.75) is 26.7 Å². The topological polar surface area (TPSA) is 43.8 Å². The average Bonchev–Trinajstić information content (AvgIpc) is 2.72. The van der Waals surface area contributed by atoms with E-state index in [1.165, 1.54) is 6.07 Å². The third-order valence-electron chi connectivity index (χ3n) is 2.76. The molecular formula is C13H16FN3. The minimum absolute atomic E-state index is 0.275. The first-order valence-electron chi connectivity index (χ1n) is 5.71. The number of aryl methyl sites for hydroxylation is 2. The van der Waals surface area contributed by atoms with Crippen LogP contribution in [-0.4, -0.2) is 9.55 Å². The molecule has 0 radical (unpaired) electrons. The molecule has 1 aromatic heterocycles. The minimum atomic E-state index is -0.275. The third-order valence-corrected chi connectivity index (χ3v) is 2.76. The van der Waals surface area contributed by atoms with Gasteiger partial charge in [-0.25, -0.2) is 9.37 Å². The molecular weight excluding hydrogens is 217 g/mol. The lowest BCUT2D eigenvalue weighted by atomic mass is 10.1. The molecule has 0 saturated heterocycles. The molecule has 0 atom stereocenters. The first-order chi connectivity index (χ1) is 8.13. The maximum Gasteiger partial charge on any atom is 0.128 e. The van der Waals surface area contributed by atoms with Gasteiger partial charge in [0.1, 0.15) is 11.6 Å². The quantitative estimate of drug-likeness (QED) is 0.828. The van der Waals surface area contributed by atoms with Gasteiger partial charge >= 0.3 is 0 Å². The summed E-state index contributed by atoms with van der Waals surface area (Å²) in [5.74, 6) is 0.675. The van der Waals surface area contributed by atoms with Crippen molar-refractivity contribution in [1.82, 2.24) is 9.55 Å². The van der Waals surface area contributed by atoms with Gasteiger partial charge in [-0.2, -0.15) is 0 Å². The van der Waals surface area contributed by atoms with E-state index >= 15 is 0 Å². The second-order valence-corrected chi connectivity index (χ2v) is 4.12. The van der Waals surface area contributed by atoms with Crippen molar-refractivity contribution in [3.05, 3.63) is 41.7 Å². The molecule has 0 bridgehead atoms. The van der Waals surface area contributed by atoms with Gasteiger partial charge in [-0.1, -0.05) is 6.92 Å². The standard InChI is InChI=1S/C13H16FN3/c1-3-4-13-16-5-6-17(13)12-7-9(2)10(14)8-11(12)15/h5-8H,3-4,15H2,1-2H3. The summed E-state index contributed by atoms with van der Waals surface area (Å²) >= 11 is 0. The molecule has 0 amide bonds. The SMILES string of the molecule is CCCc1nccn1-c1cc(C)c(F)cc1N. The number of anilines is 1. The van der Waals surface area contributed by atoms with Crippen LogP contribution in [0.1, 0.15) is 24.7 Å². The van der Waals surface area contributed by atoms with Gasteiger partial charge in [-0.3, -0.25) is 0 Å². The highest BCUT2D eigenvalue weighted by Crippen LogP contribution is 2.23. The first-order valence-corrected chi connectivity index (χ1v) is 5.71. The predicted octanol–water partition coefficient (Wildman–Crippen LogP) is 2.85. The molecule has 90 valence electrons. The van der Waals surface area contributed by atoms with Crippen molar-refractivity contribution in [2.24, 2.45) is 0 Å². The van der Waals surface area contributed by atoms with E-state index in [4.69, 9.17) is 5.73 Å². The van der Waals surface area contributed by atoms with E-state index in [0.29, 0.717) is 11.3 Å². The monoisotopic (exact) mass is 233 g/mol. The molecule has 0 aliphatic carbocycles. The summed E-state index contributed by atoms with van der Waals surface area (Å²) in [6, 6.07) is 3.12. The Morgan fingerprint density at radius 3 is 2.88 bits per heavy atom. The van der Waals surface area contributed by atoms with Crippen LogP contribution in [0.3, 0.4) is 0 Å². The van der Waals surface area contributed by atoms with Crippen molar-refractivity contribution in [1.29, 1.82) is 0 Å². The molecule has 17 heavy (non-hydrogen) atoms. The smallest absolute Gasteiger partial charge is 0.128 e. The largest absolute Gasteiger partial charge is 0.397 e. The summed E-state index contributed by atoms with van der Waals surface area (Å²) in [7, 11) is 0. The molecule has 4 heteroatoms. The van der Waals surface area contributed by atoms with Crippen LogP contribution >= 0.6 is 0 Å². The summed E-state index contributed by atoms with van der Waals surface area (Å²) in [4.78, 5) is 4.29. The molecule has 3 nitrogen and oxygen atoms in total. The average molecular weight is 233 g/mol. The highest BCUT2D eigenvalue weighted by atomic mass is 19.1. The van der Waals surface area contributed by atoms with Crippen LogP contribution in [0, 0.1) is 12.7 Å². The number of hydrogen-bond donors (Lipinski definition) is 1. The van der Waals surface area contributed by atoms with E-state index in [2.05, 4.69) is 11.9 Å². The Labute approximate surface area is 100 Å². The van der Waals surface area contributed by atoms with Gasteiger partial charge in [0, 0.05) is 18.8 Å². The number of benzene rings is 1. The Bertz CT molecular complexity index is 531. The minimum Gasteiger partial charge on any atom is -0.397 e. The Morgan fingerprint density at radius 1 is 1.41 bits per heavy atom. The van der Waals surface area contributed by atoms with Crippen LogP contribution in [-0.2, 0) is 6.42 Å². The lowest BCUT2D eigenvalue weighted by Gasteiger charge is -2.11. The second kappa shape index (κ2) is 4.57. The fourth-order valence-corrected chi connectivity index (χ4v) is 1.85. The van der Waals surface area contributed by atoms with Gasteiger partial charge < -0.3 is 10.3 Å². The van der Waals surface area contributed by atoms with Gasteiger partial charge in [-0.15, -0.1) is 0 Å². The number of halogens is 1.